The maximum Gasteiger partial charge on any atom is 0.387 e. The second kappa shape index (κ2) is 9.45. The lowest BCUT2D eigenvalue weighted by atomic mass is 10.1. The van der Waals surface area contributed by atoms with Gasteiger partial charge < -0.3 is 15.2 Å². The number of pyridine rings is 1. The number of hydrogen-bond acceptors (Lipinski definition) is 3. The van der Waals surface area contributed by atoms with Crippen molar-refractivity contribution in [1.29, 1.82) is 0 Å². The molecular formula is C23H20F2N2O2S. The van der Waals surface area contributed by atoms with Gasteiger partial charge in [-0.2, -0.15) is 13.3 Å². The average Bonchev–Trinajstić information content (AvgIpc) is 2.71. The van der Waals surface area contributed by atoms with Gasteiger partial charge in [0.05, 0.1) is 0 Å². The molecule has 0 saturated heterocycles. The van der Waals surface area contributed by atoms with Crippen LogP contribution in [0.2, 0.25) is 0 Å². The van der Waals surface area contributed by atoms with Crippen LogP contribution in [0, 0.1) is 13.8 Å². The molecule has 0 spiro atoms. The normalized spacial score (nSPS) is 11.8. The molecule has 1 N–H and O–H groups in total. The minimum atomic E-state index is -2.93. The first kappa shape index (κ1) is 21.4. The van der Waals surface area contributed by atoms with E-state index in [1.54, 1.807) is 29.1 Å². The molecule has 0 unspecified atom stereocenters. The minimum Gasteiger partial charge on any atom is -0.867 e. The molecule has 154 valence electrons. The molecule has 2 aromatic carbocycles. The van der Waals surface area contributed by atoms with Gasteiger partial charge in [0.1, 0.15) is 5.75 Å². The third-order valence-electron chi connectivity index (χ3n) is 4.38. The molecule has 0 aliphatic rings. The number of benzene rings is 2. The monoisotopic (exact) mass is 426 g/mol. The number of aromatic nitrogens is 1. The molecule has 4 nitrogen and oxygen atoms in total. The zero-order valence-corrected chi connectivity index (χ0v) is 17.2. The smallest absolute Gasteiger partial charge is 0.387 e. The molecule has 0 atom stereocenters. The lowest BCUT2D eigenvalue weighted by Crippen LogP contribution is -2.39. The number of anilines is 1. The molecule has 0 radical (unpaired) electrons. The highest BCUT2D eigenvalue weighted by atomic mass is 32.1. The van der Waals surface area contributed by atoms with E-state index in [9.17, 15) is 13.9 Å². The zero-order valence-electron chi connectivity index (χ0n) is 16.4. The number of halogens is 2. The molecule has 0 aliphatic carbocycles. The lowest BCUT2D eigenvalue weighted by molar-refractivity contribution is -0.577. The summed E-state index contributed by atoms with van der Waals surface area (Å²) < 4.78 is 30.7. The SMILES string of the molecule is Cc1ccc(NC(=S)C(=C([O-])c2ccc(OC(F)F)cc2)[n+]2ccccc2)c(C)c1. The van der Waals surface area contributed by atoms with Crippen LogP contribution in [0.15, 0.2) is 73.1 Å². The number of hydrogen-bond donors (Lipinski definition) is 1. The summed E-state index contributed by atoms with van der Waals surface area (Å²) in [5.41, 5.74) is 3.46. The molecule has 3 rings (SSSR count). The van der Waals surface area contributed by atoms with Gasteiger partial charge in [-0.3, -0.25) is 0 Å². The van der Waals surface area contributed by atoms with Crippen molar-refractivity contribution < 1.29 is 23.2 Å². The van der Waals surface area contributed by atoms with Gasteiger partial charge >= 0.3 is 6.61 Å². The van der Waals surface area contributed by atoms with Crippen LogP contribution in [0.25, 0.3) is 11.5 Å². The summed E-state index contributed by atoms with van der Waals surface area (Å²) in [4.78, 5) is 0.246. The molecule has 3 aromatic rings. The Labute approximate surface area is 179 Å². The van der Waals surface area contributed by atoms with E-state index in [0.29, 0.717) is 5.56 Å². The van der Waals surface area contributed by atoms with Crippen molar-refractivity contribution in [3.8, 4) is 5.75 Å². The first-order valence-electron chi connectivity index (χ1n) is 9.17. The van der Waals surface area contributed by atoms with Crippen molar-refractivity contribution in [2.24, 2.45) is 0 Å². The van der Waals surface area contributed by atoms with Gasteiger partial charge in [-0.15, -0.1) is 0 Å². The van der Waals surface area contributed by atoms with E-state index < -0.39 is 6.61 Å². The summed E-state index contributed by atoms with van der Waals surface area (Å²) in [6.07, 6.45) is 3.44. The van der Waals surface area contributed by atoms with Crippen LogP contribution in [0.3, 0.4) is 0 Å². The number of nitrogens with zero attached hydrogens (tertiary/aromatic N) is 1. The van der Waals surface area contributed by atoms with E-state index >= 15 is 0 Å². The van der Waals surface area contributed by atoms with Crippen LogP contribution in [0.5, 0.6) is 5.75 Å². The fourth-order valence-electron chi connectivity index (χ4n) is 2.95. The number of ether oxygens (including phenoxy) is 1. The van der Waals surface area contributed by atoms with Crippen molar-refractivity contribution in [2.45, 2.75) is 20.5 Å². The third kappa shape index (κ3) is 5.18. The Kier molecular flexibility index (Phi) is 6.74. The van der Waals surface area contributed by atoms with Gasteiger partial charge in [0.15, 0.2) is 17.4 Å². The molecule has 30 heavy (non-hydrogen) atoms. The zero-order chi connectivity index (χ0) is 21.7. The van der Waals surface area contributed by atoms with E-state index in [-0.39, 0.29) is 22.2 Å². The van der Waals surface area contributed by atoms with Crippen LogP contribution >= 0.6 is 12.2 Å². The molecule has 0 fully saturated rings. The number of nitrogens with one attached hydrogen (secondary N) is 1. The summed E-state index contributed by atoms with van der Waals surface area (Å²) in [6.45, 7) is 1.02. The molecule has 0 saturated carbocycles. The summed E-state index contributed by atoms with van der Waals surface area (Å²) in [5.74, 6) is -0.372. The Morgan fingerprint density at radius 1 is 1.03 bits per heavy atom. The first-order chi connectivity index (χ1) is 14.3. The van der Waals surface area contributed by atoms with E-state index in [1.165, 1.54) is 24.3 Å². The van der Waals surface area contributed by atoms with E-state index in [2.05, 4.69) is 10.1 Å². The standard InChI is InChI=1S/C23H20F2N2O2S/c1-15-6-11-19(16(2)14-15)26-22(30)20(27-12-4-3-5-13-27)21(28)17-7-9-18(10-8-17)29-23(24)25/h3-14,23H,1-2H3,(H-,26,28,30). The van der Waals surface area contributed by atoms with E-state index in [4.69, 9.17) is 12.2 Å². The van der Waals surface area contributed by atoms with E-state index in [0.717, 1.165) is 16.8 Å². The van der Waals surface area contributed by atoms with Crippen molar-refractivity contribution in [3.63, 3.8) is 0 Å². The number of thiocarbonyl (C=S) groups is 1. The Bertz CT molecular complexity index is 1070. The van der Waals surface area contributed by atoms with Gasteiger partial charge in [-0.05, 0) is 48.9 Å². The summed E-state index contributed by atoms with van der Waals surface area (Å²) in [5, 5.41) is 16.4. The van der Waals surface area contributed by atoms with Crippen molar-refractivity contribution >= 4 is 34.3 Å². The van der Waals surface area contributed by atoms with Crippen LogP contribution in [-0.4, -0.2) is 11.6 Å². The van der Waals surface area contributed by atoms with Crippen molar-refractivity contribution in [2.75, 3.05) is 5.32 Å². The van der Waals surface area contributed by atoms with Crippen molar-refractivity contribution in [3.05, 3.63) is 89.7 Å². The molecule has 1 heterocycles. The summed E-state index contributed by atoms with van der Waals surface area (Å²) in [6, 6.07) is 16.8. The van der Waals surface area contributed by atoms with Gasteiger partial charge in [0.25, 0.3) is 0 Å². The second-order valence-corrected chi connectivity index (χ2v) is 7.04. The Balaban J connectivity index is 2.00. The highest BCUT2D eigenvalue weighted by molar-refractivity contribution is 7.81. The fourth-order valence-corrected chi connectivity index (χ4v) is 3.25. The molecule has 0 bridgehead atoms. The van der Waals surface area contributed by atoms with Gasteiger partial charge in [-0.1, -0.05) is 48.1 Å². The largest absolute Gasteiger partial charge is 0.867 e. The van der Waals surface area contributed by atoms with Gasteiger partial charge in [-0.25, -0.2) is 0 Å². The number of aryl methyl sites for hydroxylation is 2. The molecule has 0 aliphatic heterocycles. The van der Waals surface area contributed by atoms with Gasteiger partial charge in [0.2, 0.25) is 5.70 Å². The van der Waals surface area contributed by atoms with Crippen LogP contribution in [-0.2, 0) is 0 Å². The highest BCUT2D eigenvalue weighted by Crippen LogP contribution is 2.22. The lowest BCUT2D eigenvalue weighted by Gasteiger charge is -2.18. The van der Waals surface area contributed by atoms with Gasteiger partial charge in [0, 0.05) is 17.8 Å². The van der Waals surface area contributed by atoms with Crippen LogP contribution < -0.4 is 19.7 Å². The highest BCUT2D eigenvalue weighted by Gasteiger charge is 2.19. The van der Waals surface area contributed by atoms with Crippen LogP contribution in [0.1, 0.15) is 16.7 Å². The number of rotatable bonds is 6. The molecule has 0 amide bonds. The Morgan fingerprint density at radius 3 is 2.30 bits per heavy atom. The average molecular weight is 426 g/mol. The predicted molar refractivity (Wildman–Crippen MR) is 115 cm³/mol. The van der Waals surface area contributed by atoms with Crippen LogP contribution in [0.4, 0.5) is 14.5 Å². The summed E-state index contributed by atoms with van der Waals surface area (Å²) >= 11 is 5.58. The fraction of sp³-hybridized carbons (Fsp3) is 0.130. The number of alkyl halides is 2. The Morgan fingerprint density at radius 2 is 1.70 bits per heavy atom. The molecule has 7 heteroatoms. The topological polar surface area (TPSA) is 48.2 Å². The van der Waals surface area contributed by atoms with E-state index in [1.807, 2.05) is 38.1 Å². The maximum absolute atomic E-state index is 13.3. The summed E-state index contributed by atoms with van der Waals surface area (Å²) in [7, 11) is 0. The first-order valence-corrected chi connectivity index (χ1v) is 9.58. The maximum atomic E-state index is 13.3. The second-order valence-electron chi connectivity index (χ2n) is 6.64. The predicted octanol–water partition coefficient (Wildman–Crippen LogP) is 4.32. The molecule has 1 aromatic heterocycles. The third-order valence-corrected chi connectivity index (χ3v) is 4.67. The Hall–Kier alpha value is -3.32. The minimum absolute atomic E-state index is 0.0218. The quantitative estimate of drug-likeness (QED) is 0.276. The van der Waals surface area contributed by atoms with Crippen molar-refractivity contribution in [1.82, 2.24) is 0 Å². The molecular weight excluding hydrogens is 406 g/mol.